The van der Waals surface area contributed by atoms with E-state index in [2.05, 4.69) is 20.5 Å². The molecular formula is C14H16N4O3. The molecule has 0 unspecified atom stereocenters. The number of nitrogens with one attached hydrogen (secondary N) is 2. The number of ether oxygens (including phenoxy) is 2. The highest BCUT2D eigenvalue weighted by Crippen LogP contribution is 2.32. The summed E-state index contributed by atoms with van der Waals surface area (Å²) in [7, 11) is 0. The summed E-state index contributed by atoms with van der Waals surface area (Å²) in [6.07, 6.45) is 1.54. The van der Waals surface area contributed by atoms with Crippen LogP contribution in [0.4, 0.5) is 5.69 Å². The number of amides is 1. The first-order valence-electron chi connectivity index (χ1n) is 6.88. The van der Waals surface area contributed by atoms with Gasteiger partial charge in [-0.2, -0.15) is 0 Å². The van der Waals surface area contributed by atoms with Crippen molar-refractivity contribution < 1.29 is 14.3 Å². The van der Waals surface area contributed by atoms with Crippen molar-refractivity contribution in [3.8, 4) is 11.5 Å². The van der Waals surface area contributed by atoms with Gasteiger partial charge in [-0.1, -0.05) is 6.92 Å². The Labute approximate surface area is 121 Å². The second kappa shape index (κ2) is 5.82. The molecule has 0 saturated heterocycles. The highest BCUT2D eigenvalue weighted by Gasteiger charge is 2.15. The van der Waals surface area contributed by atoms with Gasteiger partial charge in [0.25, 0.3) is 5.91 Å². The van der Waals surface area contributed by atoms with Gasteiger partial charge in [-0.3, -0.25) is 9.89 Å². The first kappa shape index (κ1) is 13.4. The number of anilines is 1. The van der Waals surface area contributed by atoms with Gasteiger partial charge in [0.2, 0.25) is 5.82 Å². The predicted molar refractivity (Wildman–Crippen MR) is 75.8 cm³/mol. The molecule has 2 aromatic rings. The zero-order valence-corrected chi connectivity index (χ0v) is 11.7. The maximum Gasteiger partial charge on any atom is 0.295 e. The number of H-pyrrole nitrogens is 1. The van der Waals surface area contributed by atoms with Gasteiger partial charge in [0, 0.05) is 24.6 Å². The maximum absolute atomic E-state index is 12.1. The molecule has 0 atom stereocenters. The molecule has 1 aliphatic heterocycles. The summed E-state index contributed by atoms with van der Waals surface area (Å²) >= 11 is 0. The van der Waals surface area contributed by atoms with E-state index in [0.717, 1.165) is 6.42 Å². The van der Waals surface area contributed by atoms with E-state index in [4.69, 9.17) is 9.47 Å². The molecule has 0 aliphatic carbocycles. The van der Waals surface area contributed by atoms with E-state index in [1.54, 1.807) is 18.2 Å². The zero-order chi connectivity index (χ0) is 14.7. The molecule has 2 heterocycles. The van der Waals surface area contributed by atoms with Gasteiger partial charge in [0.15, 0.2) is 11.5 Å². The Bertz CT molecular complexity index is 653. The van der Waals surface area contributed by atoms with E-state index in [1.165, 1.54) is 0 Å². The number of rotatable bonds is 3. The Balaban J connectivity index is 1.75. The Kier molecular flexibility index (Phi) is 3.72. The highest BCUT2D eigenvalue weighted by molar-refractivity contribution is 6.01. The molecule has 2 N–H and O–H groups in total. The number of aromatic nitrogens is 3. The molecule has 0 bridgehead atoms. The topological polar surface area (TPSA) is 89.1 Å². The summed E-state index contributed by atoms with van der Waals surface area (Å²) in [4.78, 5) is 16.1. The summed E-state index contributed by atoms with van der Waals surface area (Å²) in [6.45, 7) is 3.17. The second-order valence-corrected chi connectivity index (χ2v) is 4.63. The summed E-state index contributed by atoms with van der Waals surface area (Å²) in [5.41, 5.74) is 0.618. The Morgan fingerprint density at radius 3 is 2.90 bits per heavy atom. The lowest BCUT2D eigenvalue weighted by atomic mass is 10.2. The summed E-state index contributed by atoms with van der Waals surface area (Å²) in [5, 5.41) is 9.34. The van der Waals surface area contributed by atoms with E-state index in [0.29, 0.717) is 42.6 Å². The van der Waals surface area contributed by atoms with E-state index >= 15 is 0 Å². The van der Waals surface area contributed by atoms with Crippen molar-refractivity contribution in [3.63, 3.8) is 0 Å². The number of nitrogens with zero attached hydrogens (tertiary/aromatic N) is 2. The molecule has 1 aliphatic rings. The highest BCUT2D eigenvalue weighted by atomic mass is 16.5. The number of carbonyl (C=O) groups excluding carboxylic acids is 1. The molecule has 0 fully saturated rings. The third-order valence-electron chi connectivity index (χ3n) is 3.08. The summed E-state index contributed by atoms with van der Waals surface area (Å²) < 4.78 is 11.1. The molecule has 1 aromatic carbocycles. The van der Waals surface area contributed by atoms with Gasteiger partial charge in [0.05, 0.1) is 13.2 Å². The molecule has 21 heavy (non-hydrogen) atoms. The van der Waals surface area contributed by atoms with Gasteiger partial charge >= 0.3 is 0 Å². The number of benzene rings is 1. The molecule has 1 amide bonds. The average Bonchev–Trinajstić information content (AvgIpc) is 2.86. The standard InChI is InChI=1S/C14H16N4O3/c1-2-12-16-13(18-17-12)14(19)15-9-4-5-10-11(8-9)21-7-3-6-20-10/h4-5,8H,2-3,6-7H2,1H3,(H,15,19)(H,16,17,18). The molecule has 110 valence electrons. The SMILES string of the molecule is CCc1nc(C(=O)Nc2ccc3c(c2)OCCCO3)n[nH]1. The Hall–Kier alpha value is -2.57. The first-order valence-corrected chi connectivity index (χ1v) is 6.88. The van der Waals surface area contributed by atoms with Gasteiger partial charge in [0.1, 0.15) is 5.82 Å². The van der Waals surface area contributed by atoms with E-state index in [1.807, 2.05) is 6.92 Å². The van der Waals surface area contributed by atoms with Crippen LogP contribution in [0.1, 0.15) is 29.8 Å². The van der Waals surface area contributed by atoms with Crippen LogP contribution in [-0.4, -0.2) is 34.3 Å². The molecule has 7 heteroatoms. The number of carbonyl (C=O) groups is 1. The van der Waals surface area contributed by atoms with Crippen LogP contribution in [0.3, 0.4) is 0 Å². The van der Waals surface area contributed by atoms with Crippen LogP contribution in [-0.2, 0) is 6.42 Å². The van der Waals surface area contributed by atoms with Crippen molar-refractivity contribution in [2.24, 2.45) is 0 Å². The molecular weight excluding hydrogens is 272 g/mol. The van der Waals surface area contributed by atoms with Crippen molar-refractivity contribution >= 4 is 11.6 Å². The zero-order valence-electron chi connectivity index (χ0n) is 11.7. The normalized spacial score (nSPS) is 13.6. The lowest BCUT2D eigenvalue weighted by Gasteiger charge is -2.09. The average molecular weight is 288 g/mol. The van der Waals surface area contributed by atoms with Gasteiger partial charge in [-0.15, -0.1) is 5.10 Å². The molecule has 0 spiro atoms. The van der Waals surface area contributed by atoms with Crippen LogP contribution in [0.5, 0.6) is 11.5 Å². The van der Waals surface area contributed by atoms with Crippen LogP contribution < -0.4 is 14.8 Å². The largest absolute Gasteiger partial charge is 0.490 e. The molecule has 3 rings (SSSR count). The summed E-state index contributed by atoms with van der Waals surface area (Å²) in [6, 6.07) is 5.29. The third kappa shape index (κ3) is 2.96. The fraction of sp³-hybridized carbons (Fsp3) is 0.357. The number of hydrogen-bond donors (Lipinski definition) is 2. The fourth-order valence-corrected chi connectivity index (χ4v) is 1.98. The number of aryl methyl sites for hydroxylation is 1. The smallest absolute Gasteiger partial charge is 0.295 e. The number of hydrogen-bond acceptors (Lipinski definition) is 5. The minimum absolute atomic E-state index is 0.124. The van der Waals surface area contributed by atoms with Crippen molar-refractivity contribution in [3.05, 3.63) is 29.8 Å². The van der Waals surface area contributed by atoms with Crippen LogP contribution in [0.15, 0.2) is 18.2 Å². The number of fused-ring (bicyclic) bond motifs is 1. The lowest BCUT2D eigenvalue weighted by Crippen LogP contribution is -2.14. The van der Waals surface area contributed by atoms with Crippen molar-refractivity contribution in [2.45, 2.75) is 19.8 Å². The van der Waals surface area contributed by atoms with Gasteiger partial charge in [-0.25, -0.2) is 4.98 Å². The van der Waals surface area contributed by atoms with Crippen LogP contribution in [0.25, 0.3) is 0 Å². The molecule has 1 aromatic heterocycles. The summed E-state index contributed by atoms with van der Waals surface area (Å²) in [5.74, 6) is 1.77. The maximum atomic E-state index is 12.1. The van der Waals surface area contributed by atoms with E-state index in [-0.39, 0.29) is 11.7 Å². The quantitative estimate of drug-likeness (QED) is 0.898. The Morgan fingerprint density at radius 2 is 2.14 bits per heavy atom. The van der Waals surface area contributed by atoms with Crippen LogP contribution >= 0.6 is 0 Å². The van der Waals surface area contributed by atoms with Crippen LogP contribution in [0.2, 0.25) is 0 Å². The second-order valence-electron chi connectivity index (χ2n) is 4.63. The van der Waals surface area contributed by atoms with Crippen molar-refractivity contribution in [2.75, 3.05) is 18.5 Å². The predicted octanol–water partition coefficient (Wildman–Crippen LogP) is 1.78. The fourth-order valence-electron chi connectivity index (χ4n) is 1.98. The van der Waals surface area contributed by atoms with Gasteiger partial charge in [-0.05, 0) is 12.1 Å². The van der Waals surface area contributed by atoms with E-state index in [9.17, 15) is 4.79 Å². The lowest BCUT2D eigenvalue weighted by molar-refractivity contribution is 0.101. The van der Waals surface area contributed by atoms with Gasteiger partial charge < -0.3 is 14.8 Å². The number of aromatic amines is 1. The molecule has 7 nitrogen and oxygen atoms in total. The Morgan fingerprint density at radius 1 is 1.33 bits per heavy atom. The monoisotopic (exact) mass is 288 g/mol. The van der Waals surface area contributed by atoms with Crippen molar-refractivity contribution in [1.82, 2.24) is 15.2 Å². The van der Waals surface area contributed by atoms with Crippen LogP contribution in [0, 0.1) is 0 Å². The molecule has 0 radical (unpaired) electrons. The molecule has 0 saturated carbocycles. The minimum atomic E-state index is -0.361. The minimum Gasteiger partial charge on any atom is -0.490 e. The first-order chi connectivity index (χ1) is 10.3. The third-order valence-corrected chi connectivity index (χ3v) is 3.08. The van der Waals surface area contributed by atoms with E-state index < -0.39 is 0 Å². The van der Waals surface area contributed by atoms with Crippen molar-refractivity contribution in [1.29, 1.82) is 0 Å².